The Morgan fingerprint density at radius 1 is 1.03 bits per heavy atom. The molecular formula is C29H39FN4O5. The molecule has 2 heterocycles. The number of hydrogen-bond donors (Lipinski definition) is 0. The van der Waals surface area contributed by atoms with E-state index in [4.69, 9.17) is 19.3 Å². The predicted octanol–water partition coefficient (Wildman–Crippen LogP) is 6.63. The molecule has 10 heteroatoms. The average Bonchev–Trinajstić information content (AvgIpc) is 3.70. The van der Waals surface area contributed by atoms with Crippen LogP contribution in [0.5, 0.6) is 5.75 Å². The lowest BCUT2D eigenvalue weighted by molar-refractivity contribution is -0.00641. The molecule has 0 aromatic carbocycles. The number of carbonyl (C=O) groups excluding carboxylic acids is 2. The molecule has 2 aromatic rings. The maximum Gasteiger partial charge on any atom is 0.419 e. The van der Waals surface area contributed by atoms with Gasteiger partial charge in [0.15, 0.2) is 0 Å². The molecule has 3 saturated carbocycles. The molecular weight excluding hydrogens is 503 g/mol. The third-order valence-electron chi connectivity index (χ3n) is 6.87. The van der Waals surface area contributed by atoms with Crippen molar-refractivity contribution in [1.29, 1.82) is 0 Å². The van der Waals surface area contributed by atoms with Gasteiger partial charge in [-0.05, 0) is 86.0 Å². The summed E-state index contributed by atoms with van der Waals surface area (Å²) in [6, 6.07) is 1.53. The lowest BCUT2D eigenvalue weighted by Crippen LogP contribution is -2.47. The van der Waals surface area contributed by atoms with Gasteiger partial charge in [0.2, 0.25) is 0 Å². The first-order valence-corrected chi connectivity index (χ1v) is 13.9. The SMILES string of the molecule is CC(C)(C)OC(=O)N(C[C@H]1C[C@H](n2cc(-c3ncc(F)cc3OC3CC3)c(C3CC3)n2)C1)C(=O)OC(C)(C)C. The highest BCUT2D eigenvalue weighted by Crippen LogP contribution is 2.47. The highest BCUT2D eigenvalue weighted by atomic mass is 19.1. The second-order valence-corrected chi connectivity index (χ2v) is 13.1. The van der Waals surface area contributed by atoms with Gasteiger partial charge in [0.1, 0.15) is 28.5 Å². The van der Waals surface area contributed by atoms with Crippen LogP contribution in [-0.2, 0) is 9.47 Å². The van der Waals surface area contributed by atoms with Crippen molar-refractivity contribution < 1.29 is 28.2 Å². The summed E-state index contributed by atoms with van der Waals surface area (Å²) >= 11 is 0. The molecule has 3 aliphatic rings. The summed E-state index contributed by atoms with van der Waals surface area (Å²) in [6.07, 6.45) is 7.50. The predicted molar refractivity (Wildman–Crippen MR) is 142 cm³/mol. The zero-order valence-corrected chi connectivity index (χ0v) is 23.7. The number of rotatable bonds is 7. The minimum absolute atomic E-state index is 0.0877. The van der Waals surface area contributed by atoms with Gasteiger partial charge in [0, 0.05) is 30.3 Å². The van der Waals surface area contributed by atoms with E-state index in [0.717, 1.165) is 54.7 Å². The number of hydrogen-bond acceptors (Lipinski definition) is 7. The number of imide groups is 1. The van der Waals surface area contributed by atoms with Crippen molar-refractivity contribution in [1.82, 2.24) is 19.7 Å². The van der Waals surface area contributed by atoms with Gasteiger partial charge in [-0.3, -0.25) is 4.68 Å². The lowest BCUT2D eigenvalue weighted by atomic mass is 9.80. The fourth-order valence-corrected chi connectivity index (χ4v) is 4.69. The Bertz CT molecular complexity index is 1210. The highest BCUT2D eigenvalue weighted by molar-refractivity contribution is 5.88. The summed E-state index contributed by atoms with van der Waals surface area (Å²) in [6.45, 7) is 10.8. The molecule has 39 heavy (non-hydrogen) atoms. The molecule has 2 aromatic heterocycles. The van der Waals surface area contributed by atoms with E-state index < -0.39 is 29.2 Å². The first kappa shape index (κ1) is 27.4. The van der Waals surface area contributed by atoms with Crippen LogP contribution in [0, 0.1) is 11.7 Å². The Morgan fingerprint density at radius 2 is 1.64 bits per heavy atom. The Balaban J connectivity index is 1.30. The molecule has 2 amide bonds. The minimum atomic E-state index is -0.735. The van der Waals surface area contributed by atoms with E-state index in [0.29, 0.717) is 17.4 Å². The van der Waals surface area contributed by atoms with Crippen molar-refractivity contribution in [2.75, 3.05) is 6.54 Å². The van der Waals surface area contributed by atoms with Crippen molar-refractivity contribution in [2.45, 2.75) is 109 Å². The van der Waals surface area contributed by atoms with E-state index in [1.807, 2.05) is 10.9 Å². The third kappa shape index (κ3) is 6.89. The van der Waals surface area contributed by atoms with Crippen LogP contribution in [0.3, 0.4) is 0 Å². The molecule has 0 bridgehead atoms. The summed E-state index contributed by atoms with van der Waals surface area (Å²) in [5, 5.41) is 4.94. The van der Waals surface area contributed by atoms with Crippen molar-refractivity contribution in [3.8, 4) is 17.0 Å². The molecule has 0 unspecified atom stereocenters. The molecule has 0 saturated heterocycles. The zero-order valence-electron chi connectivity index (χ0n) is 23.7. The number of nitrogens with zero attached hydrogens (tertiary/aromatic N) is 4. The van der Waals surface area contributed by atoms with Crippen LogP contribution in [0.25, 0.3) is 11.3 Å². The van der Waals surface area contributed by atoms with Crippen LogP contribution in [-0.4, -0.2) is 55.7 Å². The summed E-state index contributed by atoms with van der Waals surface area (Å²) < 4.78 is 33.0. The maximum absolute atomic E-state index is 14.0. The quantitative estimate of drug-likeness (QED) is 0.388. The Labute approximate surface area is 229 Å². The maximum atomic E-state index is 14.0. The lowest BCUT2D eigenvalue weighted by Gasteiger charge is -2.38. The van der Waals surface area contributed by atoms with Gasteiger partial charge in [-0.1, -0.05) is 0 Å². The van der Waals surface area contributed by atoms with Crippen LogP contribution < -0.4 is 4.74 Å². The van der Waals surface area contributed by atoms with Crippen molar-refractivity contribution in [3.63, 3.8) is 0 Å². The topological polar surface area (TPSA) is 95.8 Å². The van der Waals surface area contributed by atoms with Crippen LogP contribution in [0.1, 0.15) is 97.7 Å². The second-order valence-electron chi connectivity index (χ2n) is 13.1. The second kappa shape index (κ2) is 10.1. The van der Waals surface area contributed by atoms with Gasteiger partial charge in [-0.15, -0.1) is 0 Å². The fourth-order valence-electron chi connectivity index (χ4n) is 4.69. The van der Waals surface area contributed by atoms with Crippen LogP contribution in [0.15, 0.2) is 18.5 Å². The number of aromatic nitrogens is 3. The Morgan fingerprint density at radius 3 is 2.18 bits per heavy atom. The summed E-state index contributed by atoms with van der Waals surface area (Å²) in [5.41, 5.74) is 1.03. The van der Waals surface area contributed by atoms with Crippen LogP contribution >= 0.6 is 0 Å². The summed E-state index contributed by atoms with van der Waals surface area (Å²) in [4.78, 5) is 31.2. The molecule has 9 nitrogen and oxygen atoms in total. The standard InChI is InChI=1S/C29H39FN4O5/c1-28(2,3)38-26(35)33(27(36)39-29(4,5)6)15-17-11-20(12-17)34-16-22(24(32-34)18-7-8-18)25-23(37-21-9-10-21)13-19(30)14-31-25/h13-14,16-18,20-21H,7-12,15H2,1-6H3/t17-,20-. The largest absolute Gasteiger partial charge is 0.488 e. The van der Waals surface area contributed by atoms with Gasteiger partial charge >= 0.3 is 12.2 Å². The Hall–Kier alpha value is -3.17. The molecule has 0 atom stereocenters. The molecule has 3 aliphatic carbocycles. The van der Waals surface area contributed by atoms with Crippen LogP contribution in [0.2, 0.25) is 0 Å². The van der Waals surface area contributed by atoms with Crippen molar-refractivity contribution in [2.24, 2.45) is 5.92 Å². The van der Waals surface area contributed by atoms with Gasteiger partial charge in [0.25, 0.3) is 0 Å². The first-order valence-electron chi connectivity index (χ1n) is 13.9. The molecule has 212 valence electrons. The Kier molecular flexibility index (Phi) is 7.09. The number of carbonyl (C=O) groups is 2. The highest BCUT2D eigenvalue weighted by Gasteiger charge is 2.40. The molecule has 0 radical (unpaired) electrons. The van der Waals surface area contributed by atoms with Crippen molar-refractivity contribution >= 4 is 12.2 Å². The zero-order chi connectivity index (χ0) is 28.1. The smallest absolute Gasteiger partial charge is 0.419 e. The van der Waals surface area contributed by atoms with E-state index in [1.54, 1.807) is 41.5 Å². The molecule has 0 aliphatic heterocycles. The number of pyridine rings is 1. The summed E-state index contributed by atoms with van der Waals surface area (Å²) in [7, 11) is 0. The average molecular weight is 543 g/mol. The normalized spacial score (nSPS) is 21.2. The first-order chi connectivity index (χ1) is 18.3. The van der Waals surface area contributed by atoms with Crippen molar-refractivity contribution in [3.05, 3.63) is 30.0 Å². The van der Waals surface area contributed by atoms with Gasteiger partial charge in [-0.25, -0.2) is 23.9 Å². The fraction of sp³-hybridized carbons (Fsp3) is 0.655. The minimum Gasteiger partial charge on any atom is -0.488 e. The van der Waals surface area contributed by atoms with Gasteiger partial charge in [-0.2, -0.15) is 5.10 Å². The van der Waals surface area contributed by atoms with Gasteiger partial charge < -0.3 is 14.2 Å². The third-order valence-corrected chi connectivity index (χ3v) is 6.87. The van der Waals surface area contributed by atoms with Crippen LogP contribution in [0.4, 0.5) is 14.0 Å². The monoisotopic (exact) mass is 542 g/mol. The molecule has 0 spiro atoms. The molecule has 0 N–H and O–H groups in total. The molecule has 3 fully saturated rings. The summed E-state index contributed by atoms with van der Waals surface area (Å²) in [5.74, 6) is 0.504. The number of ether oxygens (including phenoxy) is 3. The van der Waals surface area contributed by atoms with E-state index in [2.05, 4.69) is 4.98 Å². The van der Waals surface area contributed by atoms with E-state index in [-0.39, 0.29) is 24.6 Å². The van der Waals surface area contributed by atoms with E-state index in [9.17, 15) is 14.0 Å². The van der Waals surface area contributed by atoms with Gasteiger partial charge in [0.05, 0.1) is 24.0 Å². The number of amides is 2. The van der Waals surface area contributed by atoms with E-state index >= 15 is 0 Å². The number of halogens is 1. The van der Waals surface area contributed by atoms with E-state index in [1.165, 1.54) is 12.3 Å². The molecule has 5 rings (SSSR count).